The molecule has 1 aromatic rings. The van der Waals surface area contributed by atoms with Crippen molar-refractivity contribution in [2.75, 3.05) is 13.6 Å². The number of nitrogens with zero attached hydrogens (tertiary/aromatic N) is 3. The molecule has 1 aromatic heterocycles. The number of likely N-dealkylation sites (tertiary alicyclic amines) is 1. The van der Waals surface area contributed by atoms with Crippen LogP contribution in [0.25, 0.3) is 0 Å². The van der Waals surface area contributed by atoms with Crippen molar-refractivity contribution in [2.24, 2.45) is 0 Å². The monoisotopic (exact) mass is 262 g/mol. The molecule has 1 atom stereocenters. The minimum absolute atomic E-state index is 0.111. The molecule has 0 aliphatic carbocycles. The van der Waals surface area contributed by atoms with Crippen LogP contribution in [0.1, 0.15) is 54.7 Å². The van der Waals surface area contributed by atoms with Crippen molar-refractivity contribution >= 4 is 5.91 Å². The lowest BCUT2D eigenvalue weighted by atomic mass is 10.2. The summed E-state index contributed by atoms with van der Waals surface area (Å²) in [6.45, 7) is 6.86. The Morgan fingerprint density at radius 3 is 2.79 bits per heavy atom. The summed E-state index contributed by atoms with van der Waals surface area (Å²) in [6, 6.07) is 2.10. The molecule has 2 heterocycles. The first-order valence-corrected chi connectivity index (χ1v) is 6.84. The normalized spacial score (nSPS) is 19.9. The number of hydrogen-bond acceptors (Lipinski definition) is 4. The molecule has 0 radical (unpaired) electrons. The smallest absolute Gasteiger partial charge is 0.270 e. The molecule has 0 aromatic carbocycles. The van der Waals surface area contributed by atoms with Gasteiger partial charge in [0.05, 0.1) is 6.04 Å². The summed E-state index contributed by atoms with van der Waals surface area (Å²) in [6.07, 6.45) is 2.22. The average molecular weight is 262 g/mol. The van der Waals surface area contributed by atoms with Crippen molar-refractivity contribution in [3.8, 4) is 0 Å². The molecule has 104 valence electrons. The van der Waals surface area contributed by atoms with Crippen molar-refractivity contribution < 1.29 is 4.79 Å². The Balaban J connectivity index is 2.26. The first kappa shape index (κ1) is 13.9. The molecule has 19 heavy (non-hydrogen) atoms. The van der Waals surface area contributed by atoms with Crippen LogP contribution in [-0.2, 0) is 0 Å². The summed E-state index contributed by atoms with van der Waals surface area (Å²) >= 11 is 0. The van der Waals surface area contributed by atoms with Crippen LogP contribution in [0.5, 0.6) is 0 Å². The first-order chi connectivity index (χ1) is 8.97. The quantitative estimate of drug-likeness (QED) is 0.900. The third kappa shape index (κ3) is 3.29. The third-order valence-electron chi connectivity index (χ3n) is 3.34. The summed E-state index contributed by atoms with van der Waals surface area (Å²) in [4.78, 5) is 23.2. The summed E-state index contributed by atoms with van der Waals surface area (Å²) in [5, 5.41) is 2.87. The zero-order valence-electron chi connectivity index (χ0n) is 12.1. The number of nitrogens with one attached hydrogen (secondary N) is 1. The van der Waals surface area contributed by atoms with Gasteiger partial charge in [0.2, 0.25) is 0 Å². The maximum Gasteiger partial charge on any atom is 0.270 e. The lowest BCUT2D eigenvalue weighted by Gasteiger charge is -2.19. The Kier molecular flexibility index (Phi) is 4.14. The summed E-state index contributed by atoms with van der Waals surface area (Å²) in [5.74, 6) is 0.649. The molecule has 2 rings (SSSR count). The lowest BCUT2D eigenvalue weighted by molar-refractivity contribution is 0.0937. The van der Waals surface area contributed by atoms with E-state index < -0.39 is 0 Å². The second-order valence-electron chi connectivity index (χ2n) is 5.52. The second-order valence-corrected chi connectivity index (χ2v) is 5.52. The van der Waals surface area contributed by atoms with Crippen LogP contribution in [-0.4, -0.2) is 40.4 Å². The zero-order valence-corrected chi connectivity index (χ0v) is 12.1. The summed E-state index contributed by atoms with van der Waals surface area (Å²) < 4.78 is 0. The molecule has 1 aliphatic rings. The van der Waals surface area contributed by atoms with Gasteiger partial charge in [-0.25, -0.2) is 9.97 Å². The highest BCUT2D eigenvalue weighted by atomic mass is 16.1. The van der Waals surface area contributed by atoms with E-state index in [1.54, 1.807) is 6.07 Å². The molecule has 1 aliphatic heterocycles. The minimum Gasteiger partial charge on any atom is -0.349 e. The van der Waals surface area contributed by atoms with Gasteiger partial charge in [0.25, 0.3) is 5.91 Å². The summed E-state index contributed by atoms with van der Waals surface area (Å²) in [5.41, 5.74) is 1.32. The fourth-order valence-corrected chi connectivity index (χ4v) is 2.43. The van der Waals surface area contributed by atoms with E-state index in [0.29, 0.717) is 5.69 Å². The molecule has 0 unspecified atom stereocenters. The van der Waals surface area contributed by atoms with Crippen molar-refractivity contribution in [1.29, 1.82) is 0 Å². The van der Waals surface area contributed by atoms with Crippen LogP contribution in [0, 0.1) is 6.92 Å². The number of aromatic nitrogens is 2. The standard InChI is InChI=1S/C14H22N4O/c1-9(2)15-14(19)11-8-10(3)16-13(17-11)12-6-5-7-18(12)4/h8-9,12H,5-7H2,1-4H3,(H,15,19)/t12-/m0/s1. The van der Waals surface area contributed by atoms with Crippen LogP contribution in [0.3, 0.4) is 0 Å². The molecule has 5 nitrogen and oxygen atoms in total. The van der Waals surface area contributed by atoms with Crippen LogP contribution in [0.15, 0.2) is 6.07 Å². The largest absolute Gasteiger partial charge is 0.349 e. The van der Waals surface area contributed by atoms with Crippen LogP contribution in [0.4, 0.5) is 0 Å². The van der Waals surface area contributed by atoms with Gasteiger partial charge in [-0.3, -0.25) is 9.69 Å². The van der Waals surface area contributed by atoms with Crippen LogP contribution < -0.4 is 5.32 Å². The number of aryl methyl sites for hydroxylation is 1. The summed E-state index contributed by atoms with van der Waals surface area (Å²) in [7, 11) is 2.08. The van der Waals surface area contributed by atoms with E-state index in [4.69, 9.17) is 0 Å². The molecule has 1 amide bonds. The van der Waals surface area contributed by atoms with E-state index in [1.807, 2.05) is 20.8 Å². The molecular formula is C14H22N4O. The highest BCUT2D eigenvalue weighted by Crippen LogP contribution is 2.28. The minimum atomic E-state index is -0.123. The second kappa shape index (κ2) is 5.65. The van der Waals surface area contributed by atoms with E-state index in [2.05, 4.69) is 27.2 Å². The van der Waals surface area contributed by atoms with Gasteiger partial charge >= 0.3 is 0 Å². The molecule has 0 bridgehead atoms. The molecule has 0 saturated carbocycles. The Morgan fingerprint density at radius 1 is 1.47 bits per heavy atom. The highest BCUT2D eigenvalue weighted by Gasteiger charge is 2.26. The van der Waals surface area contributed by atoms with Crippen LogP contribution in [0.2, 0.25) is 0 Å². The molecule has 1 saturated heterocycles. The van der Waals surface area contributed by atoms with Gasteiger partial charge in [0.1, 0.15) is 11.5 Å². The van der Waals surface area contributed by atoms with E-state index in [1.165, 1.54) is 0 Å². The Hall–Kier alpha value is -1.49. The fourth-order valence-electron chi connectivity index (χ4n) is 2.43. The number of rotatable bonds is 3. The van der Waals surface area contributed by atoms with E-state index in [9.17, 15) is 4.79 Å². The Morgan fingerprint density at radius 2 is 2.21 bits per heavy atom. The van der Waals surface area contributed by atoms with Gasteiger partial charge in [-0.05, 0) is 53.3 Å². The number of amides is 1. The van der Waals surface area contributed by atoms with Crippen molar-refractivity contribution in [3.05, 3.63) is 23.3 Å². The predicted octanol–water partition coefficient (Wildman–Crippen LogP) is 1.69. The maximum absolute atomic E-state index is 12.0. The van der Waals surface area contributed by atoms with Crippen molar-refractivity contribution in [2.45, 2.75) is 45.7 Å². The van der Waals surface area contributed by atoms with E-state index in [-0.39, 0.29) is 18.0 Å². The van der Waals surface area contributed by atoms with E-state index in [0.717, 1.165) is 30.9 Å². The zero-order chi connectivity index (χ0) is 14.0. The maximum atomic E-state index is 12.0. The predicted molar refractivity (Wildman–Crippen MR) is 74.0 cm³/mol. The molecular weight excluding hydrogens is 240 g/mol. The highest BCUT2D eigenvalue weighted by molar-refractivity contribution is 5.92. The third-order valence-corrected chi connectivity index (χ3v) is 3.34. The first-order valence-electron chi connectivity index (χ1n) is 6.84. The molecule has 5 heteroatoms. The van der Waals surface area contributed by atoms with Crippen LogP contribution >= 0.6 is 0 Å². The van der Waals surface area contributed by atoms with Crippen molar-refractivity contribution in [3.63, 3.8) is 0 Å². The van der Waals surface area contributed by atoms with Gasteiger partial charge in [-0.1, -0.05) is 0 Å². The Bertz CT molecular complexity index is 473. The van der Waals surface area contributed by atoms with Gasteiger partial charge in [-0.15, -0.1) is 0 Å². The SMILES string of the molecule is Cc1cc(C(=O)NC(C)C)nc([C@@H]2CCCN2C)n1. The van der Waals surface area contributed by atoms with Gasteiger partial charge < -0.3 is 5.32 Å². The van der Waals surface area contributed by atoms with Gasteiger partial charge in [0.15, 0.2) is 0 Å². The van der Waals surface area contributed by atoms with Gasteiger partial charge in [0, 0.05) is 11.7 Å². The van der Waals surface area contributed by atoms with Gasteiger partial charge in [-0.2, -0.15) is 0 Å². The molecule has 0 spiro atoms. The lowest BCUT2D eigenvalue weighted by Crippen LogP contribution is -2.31. The number of hydrogen-bond donors (Lipinski definition) is 1. The average Bonchev–Trinajstić information content (AvgIpc) is 2.73. The van der Waals surface area contributed by atoms with Crippen molar-refractivity contribution in [1.82, 2.24) is 20.2 Å². The molecule has 1 N–H and O–H groups in total. The van der Waals surface area contributed by atoms with E-state index >= 15 is 0 Å². The number of carbonyl (C=O) groups is 1. The topological polar surface area (TPSA) is 58.1 Å². The Labute approximate surface area is 114 Å². The molecule has 1 fully saturated rings. The number of carbonyl (C=O) groups excluding carboxylic acids is 1. The fraction of sp³-hybridized carbons (Fsp3) is 0.643.